The standard InChI is InChI=1S/C22H27NO2/c24-22(23-19-12-6-1-2-7-13-19)20-14-8-9-15-21(20)25-17-16-18-10-4-3-5-11-18/h3-5,8-11,14-15,19H,1-2,6-7,12-13,16-17H2,(H,23,24). The lowest BCUT2D eigenvalue weighted by Gasteiger charge is -2.18. The van der Waals surface area contributed by atoms with E-state index in [-0.39, 0.29) is 5.91 Å². The van der Waals surface area contributed by atoms with E-state index >= 15 is 0 Å². The van der Waals surface area contributed by atoms with Gasteiger partial charge in [0.1, 0.15) is 5.75 Å². The maximum atomic E-state index is 12.7. The second-order valence-corrected chi connectivity index (χ2v) is 6.74. The Morgan fingerprint density at radius 3 is 2.36 bits per heavy atom. The number of carbonyl (C=O) groups is 1. The maximum Gasteiger partial charge on any atom is 0.255 e. The minimum absolute atomic E-state index is 0.0118. The van der Waals surface area contributed by atoms with Crippen molar-refractivity contribution in [3.63, 3.8) is 0 Å². The summed E-state index contributed by atoms with van der Waals surface area (Å²) in [5.41, 5.74) is 1.88. The fourth-order valence-corrected chi connectivity index (χ4v) is 3.39. The molecule has 0 heterocycles. The molecule has 2 aromatic carbocycles. The highest BCUT2D eigenvalue weighted by molar-refractivity contribution is 5.97. The van der Waals surface area contributed by atoms with Crippen LogP contribution in [0.25, 0.3) is 0 Å². The van der Waals surface area contributed by atoms with Crippen molar-refractivity contribution in [3.05, 3.63) is 65.7 Å². The molecule has 0 radical (unpaired) electrons. The Morgan fingerprint density at radius 1 is 0.920 bits per heavy atom. The van der Waals surface area contributed by atoms with Crippen LogP contribution in [0.4, 0.5) is 0 Å². The van der Waals surface area contributed by atoms with E-state index < -0.39 is 0 Å². The maximum absolute atomic E-state index is 12.7. The van der Waals surface area contributed by atoms with Crippen molar-refractivity contribution in [2.24, 2.45) is 0 Å². The molecule has 1 aliphatic rings. The van der Waals surface area contributed by atoms with Crippen LogP contribution in [0.3, 0.4) is 0 Å². The summed E-state index contributed by atoms with van der Waals surface area (Å²) in [7, 11) is 0. The van der Waals surface area contributed by atoms with Crippen LogP contribution in [-0.2, 0) is 6.42 Å². The number of ether oxygens (including phenoxy) is 1. The molecule has 1 saturated carbocycles. The first kappa shape index (κ1) is 17.5. The Kier molecular flexibility index (Phi) is 6.49. The Bertz CT molecular complexity index is 661. The van der Waals surface area contributed by atoms with Gasteiger partial charge in [0.05, 0.1) is 12.2 Å². The lowest BCUT2D eigenvalue weighted by molar-refractivity contribution is 0.0929. The van der Waals surface area contributed by atoms with E-state index in [9.17, 15) is 4.79 Å². The van der Waals surface area contributed by atoms with Gasteiger partial charge >= 0.3 is 0 Å². The predicted molar refractivity (Wildman–Crippen MR) is 101 cm³/mol. The number of carbonyl (C=O) groups excluding carboxylic acids is 1. The van der Waals surface area contributed by atoms with Gasteiger partial charge in [-0.25, -0.2) is 0 Å². The Hall–Kier alpha value is -2.29. The molecule has 1 fully saturated rings. The number of amides is 1. The van der Waals surface area contributed by atoms with Crippen molar-refractivity contribution in [2.75, 3.05) is 6.61 Å². The molecule has 2 aromatic rings. The van der Waals surface area contributed by atoms with E-state index in [1.54, 1.807) is 0 Å². The molecule has 1 amide bonds. The van der Waals surface area contributed by atoms with E-state index in [1.807, 2.05) is 42.5 Å². The van der Waals surface area contributed by atoms with E-state index in [0.717, 1.165) is 19.3 Å². The fourth-order valence-electron chi connectivity index (χ4n) is 3.39. The monoisotopic (exact) mass is 337 g/mol. The summed E-state index contributed by atoms with van der Waals surface area (Å²) in [6.45, 7) is 0.567. The van der Waals surface area contributed by atoms with Crippen LogP contribution in [0.1, 0.15) is 54.4 Å². The van der Waals surface area contributed by atoms with Gasteiger partial charge in [-0.2, -0.15) is 0 Å². The Labute approximate surface area is 150 Å². The van der Waals surface area contributed by atoms with Crippen molar-refractivity contribution >= 4 is 5.91 Å². The average Bonchev–Trinajstić information content (AvgIpc) is 2.92. The fraction of sp³-hybridized carbons (Fsp3) is 0.409. The summed E-state index contributed by atoms with van der Waals surface area (Å²) in [5.74, 6) is 0.659. The second-order valence-electron chi connectivity index (χ2n) is 6.74. The first-order valence-electron chi connectivity index (χ1n) is 9.39. The molecular formula is C22H27NO2. The highest BCUT2D eigenvalue weighted by Gasteiger charge is 2.18. The van der Waals surface area contributed by atoms with Gasteiger partial charge in [0, 0.05) is 12.5 Å². The van der Waals surface area contributed by atoms with Gasteiger partial charge in [-0.15, -0.1) is 0 Å². The third kappa shape index (κ3) is 5.35. The zero-order valence-corrected chi connectivity index (χ0v) is 14.7. The average molecular weight is 337 g/mol. The van der Waals surface area contributed by atoms with Gasteiger partial charge in [-0.3, -0.25) is 4.79 Å². The quantitative estimate of drug-likeness (QED) is 0.772. The number of benzene rings is 2. The van der Waals surface area contributed by atoms with Crippen molar-refractivity contribution < 1.29 is 9.53 Å². The van der Waals surface area contributed by atoms with Crippen molar-refractivity contribution in [1.82, 2.24) is 5.32 Å². The molecular weight excluding hydrogens is 310 g/mol. The molecule has 3 heteroatoms. The molecule has 132 valence electrons. The molecule has 0 saturated heterocycles. The molecule has 0 aromatic heterocycles. The summed E-state index contributed by atoms with van der Waals surface area (Å²) in [6.07, 6.45) is 7.99. The van der Waals surface area contributed by atoms with E-state index in [0.29, 0.717) is 24.0 Å². The molecule has 1 aliphatic carbocycles. The highest BCUT2D eigenvalue weighted by atomic mass is 16.5. The lowest BCUT2D eigenvalue weighted by atomic mass is 10.1. The highest BCUT2D eigenvalue weighted by Crippen LogP contribution is 2.21. The van der Waals surface area contributed by atoms with Gasteiger partial charge in [-0.1, -0.05) is 68.1 Å². The SMILES string of the molecule is O=C(NC1CCCCCC1)c1ccccc1OCCc1ccccc1. The summed E-state index contributed by atoms with van der Waals surface area (Å²) in [5, 5.41) is 3.20. The first-order valence-corrected chi connectivity index (χ1v) is 9.39. The largest absolute Gasteiger partial charge is 0.492 e. The van der Waals surface area contributed by atoms with Crippen molar-refractivity contribution in [3.8, 4) is 5.75 Å². The van der Waals surface area contributed by atoms with Gasteiger partial charge in [0.25, 0.3) is 5.91 Å². The normalized spacial score (nSPS) is 15.4. The topological polar surface area (TPSA) is 38.3 Å². The summed E-state index contributed by atoms with van der Waals surface area (Å²) in [4.78, 5) is 12.7. The number of hydrogen-bond acceptors (Lipinski definition) is 2. The van der Waals surface area contributed by atoms with Crippen LogP contribution in [-0.4, -0.2) is 18.6 Å². The van der Waals surface area contributed by atoms with Gasteiger partial charge < -0.3 is 10.1 Å². The van der Waals surface area contributed by atoms with Crippen molar-refractivity contribution in [2.45, 2.75) is 51.0 Å². The number of rotatable bonds is 6. The number of para-hydroxylation sites is 1. The Balaban J connectivity index is 1.58. The van der Waals surface area contributed by atoms with Gasteiger partial charge in [0.2, 0.25) is 0 Å². The van der Waals surface area contributed by atoms with Gasteiger partial charge in [0.15, 0.2) is 0 Å². The summed E-state index contributed by atoms with van der Waals surface area (Å²) < 4.78 is 5.92. The molecule has 0 spiro atoms. The molecule has 0 bridgehead atoms. The van der Waals surface area contributed by atoms with Gasteiger partial charge in [-0.05, 0) is 30.5 Å². The molecule has 0 aliphatic heterocycles. The first-order chi connectivity index (χ1) is 12.3. The second kappa shape index (κ2) is 9.26. The third-order valence-corrected chi connectivity index (χ3v) is 4.81. The molecule has 3 nitrogen and oxygen atoms in total. The van der Waals surface area contributed by atoms with Crippen LogP contribution in [0.5, 0.6) is 5.75 Å². The van der Waals surface area contributed by atoms with E-state index in [1.165, 1.54) is 31.2 Å². The Morgan fingerprint density at radius 2 is 1.60 bits per heavy atom. The van der Waals surface area contributed by atoms with Crippen LogP contribution in [0.2, 0.25) is 0 Å². The number of hydrogen-bond donors (Lipinski definition) is 1. The summed E-state index contributed by atoms with van der Waals surface area (Å²) >= 11 is 0. The molecule has 0 unspecified atom stereocenters. The number of nitrogens with one attached hydrogen (secondary N) is 1. The molecule has 3 rings (SSSR count). The van der Waals surface area contributed by atoms with E-state index in [2.05, 4.69) is 17.4 Å². The van der Waals surface area contributed by atoms with Crippen LogP contribution in [0.15, 0.2) is 54.6 Å². The summed E-state index contributed by atoms with van der Waals surface area (Å²) in [6, 6.07) is 18.1. The minimum Gasteiger partial charge on any atom is -0.492 e. The smallest absolute Gasteiger partial charge is 0.255 e. The minimum atomic E-state index is -0.0118. The zero-order chi connectivity index (χ0) is 17.3. The third-order valence-electron chi connectivity index (χ3n) is 4.81. The predicted octanol–water partition coefficient (Wildman–Crippen LogP) is 4.76. The van der Waals surface area contributed by atoms with Crippen molar-refractivity contribution in [1.29, 1.82) is 0 Å². The van der Waals surface area contributed by atoms with Crippen LogP contribution in [0, 0.1) is 0 Å². The lowest BCUT2D eigenvalue weighted by Crippen LogP contribution is -2.34. The van der Waals surface area contributed by atoms with E-state index in [4.69, 9.17) is 4.74 Å². The molecule has 1 N–H and O–H groups in total. The van der Waals surface area contributed by atoms with Crippen LogP contribution >= 0.6 is 0 Å². The van der Waals surface area contributed by atoms with Crippen LogP contribution < -0.4 is 10.1 Å². The zero-order valence-electron chi connectivity index (χ0n) is 14.7. The molecule has 0 atom stereocenters. The molecule has 25 heavy (non-hydrogen) atoms.